The minimum atomic E-state index is -0.327. The van der Waals surface area contributed by atoms with Gasteiger partial charge in [0, 0.05) is 16.8 Å². The summed E-state index contributed by atoms with van der Waals surface area (Å²) in [4.78, 5) is 17.2. The average molecular weight is 476 g/mol. The number of carbonyl (C=O) groups is 1. The SMILES string of the molecule is CCOc1ccc(-c2nc3cc(NC(=S)NC(=O)c4cccc(OC(C)C)c4)ccc3o2)cc1. The van der Waals surface area contributed by atoms with Gasteiger partial charge in [0.2, 0.25) is 5.89 Å². The molecule has 1 aromatic heterocycles. The van der Waals surface area contributed by atoms with Crippen molar-refractivity contribution in [2.24, 2.45) is 0 Å². The third-order valence-electron chi connectivity index (χ3n) is 4.75. The standard InChI is InChI=1S/C26H25N3O4S/c1-4-31-20-11-8-17(9-12-20)25-28-22-15-19(10-13-23(22)33-25)27-26(34)29-24(30)18-6-5-7-21(14-18)32-16(2)3/h5-16H,4H2,1-3H3,(H2,27,29,30,34). The molecule has 0 aliphatic rings. The highest BCUT2D eigenvalue weighted by Crippen LogP contribution is 2.27. The van der Waals surface area contributed by atoms with Crippen molar-refractivity contribution < 1.29 is 18.7 Å². The average Bonchev–Trinajstić information content (AvgIpc) is 3.23. The number of hydrogen-bond donors (Lipinski definition) is 2. The van der Waals surface area contributed by atoms with Gasteiger partial charge in [-0.2, -0.15) is 0 Å². The molecule has 4 aromatic rings. The Labute approximate surface area is 203 Å². The molecule has 0 aliphatic carbocycles. The second-order valence-electron chi connectivity index (χ2n) is 7.76. The maximum absolute atomic E-state index is 12.6. The zero-order valence-electron chi connectivity index (χ0n) is 19.1. The first-order chi connectivity index (χ1) is 16.4. The van der Waals surface area contributed by atoms with E-state index in [2.05, 4.69) is 15.6 Å². The molecular weight excluding hydrogens is 450 g/mol. The predicted molar refractivity (Wildman–Crippen MR) is 137 cm³/mol. The number of thiocarbonyl (C=S) groups is 1. The van der Waals surface area contributed by atoms with Crippen LogP contribution in [0.2, 0.25) is 0 Å². The third-order valence-corrected chi connectivity index (χ3v) is 4.96. The molecule has 4 rings (SSSR count). The summed E-state index contributed by atoms with van der Waals surface area (Å²) in [5.41, 5.74) is 3.30. The third kappa shape index (κ3) is 5.71. The summed E-state index contributed by atoms with van der Waals surface area (Å²) < 4.78 is 17.0. The molecule has 3 aromatic carbocycles. The van der Waals surface area contributed by atoms with Crippen LogP contribution in [-0.2, 0) is 0 Å². The summed E-state index contributed by atoms with van der Waals surface area (Å²) in [6, 6.07) is 20.0. The van der Waals surface area contributed by atoms with Gasteiger partial charge in [0.1, 0.15) is 17.0 Å². The summed E-state index contributed by atoms with van der Waals surface area (Å²) in [7, 11) is 0. The monoisotopic (exact) mass is 475 g/mol. The Bertz CT molecular complexity index is 1320. The van der Waals surface area contributed by atoms with Crippen molar-refractivity contribution in [1.82, 2.24) is 10.3 Å². The van der Waals surface area contributed by atoms with Crippen LogP contribution in [0, 0.1) is 0 Å². The molecule has 0 bridgehead atoms. The maximum Gasteiger partial charge on any atom is 0.257 e. The zero-order valence-corrected chi connectivity index (χ0v) is 19.9. The van der Waals surface area contributed by atoms with Crippen LogP contribution in [0.3, 0.4) is 0 Å². The molecule has 0 spiro atoms. The molecule has 1 amide bonds. The number of fused-ring (bicyclic) bond motifs is 1. The van der Waals surface area contributed by atoms with Crippen LogP contribution >= 0.6 is 12.2 Å². The Hall–Kier alpha value is -3.91. The lowest BCUT2D eigenvalue weighted by atomic mass is 10.2. The van der Waals surface area contributed by atoms with Crippen LogP contribution in [0.25, 0.3) is 22.6 Å². The number of nitrogens with zero attached hydrogens (tertiary/aromatic N) is 1. The van der Waals surface area contributed by atoms with Crippen LogP contribution < -0.4 is 20.1 Å². The van der Waals surface area contributed by atoms with Crippen molar-refractivity contribution in [3.63, 3.8) is 0 Å². The molecule has 174 valence electrons. The smallest absolute Gasteiger partial charge is 0.257 e. The fourth-order valence-corrected chi connectivity index (χ4v) is 3.52. The van der Waals surface area contributed by atoms with Crippen LogP contribution in [0.5, 0.6) is 11.5 Å². The molecule has 2 N–H and O–H groups in total. The van der Waals surface area contributed by atoms with Crippen LogP contribution in [0.4, 0.5) is 5.69 Å². The van der Waals surface area contributed by atoms with E-state index in [9.17, 15) is 4.79 Å². The Morgan fingerprint density at radius 2 is 1.85 bits per heavy atom. The van der Waals surface area contributed by atoms with Crippen molar-refractivity contribution in [3.05, 3.63) is 72.3 Å². The second-order valence-corrected chi connectivity index (χ2v) is 8.17. The Morgan fingerprint density at radius 1 is 1.06 bits per heavy atom. The molecule has 34 heavy (non-hydrogen) atoms. The van der Waals surface area contributed by atoms with Gasteiger partial charge in [-0.3, -0.25) is 10.1 Å². The van der Waals surface area contributed by atoms with Gasteiger partial charge in [0.15, 0.2) is 10.7 Å². The molecular formula is C26H25N3O4S. The number of benzene rings is 3. The van der Waals surface area contributed by atoms with Crippen molar-refractivity contribution in [2.75, 3.05) is 11.9 Å². The van der Waals surface area contributed by atoms with Gasteiger partial charge in [-0.1, -0.05) is 6.07 Å². The number of hydrogen-bond acceptors (Lipinski definition) is 6. The summed E-state index contributed by atoms with van der Waals surface area (Å²) >= 11 is 5.32. The molecule has 0 atom stereocenters. The molecule has 8 heteroatoms. The summed E-state index contributed by atoms with van der Waals surface area (Å²) in [6.45, 7) is 6.41. The van der Waals surface area contributed by atoms with Crippen LogP contribution in [-0.4, -0.2) is 28.7 Å². The number of nitrogens with one attached hydrogen (secondary N) is 2. The zero-order chi connectivity index (χ0) is 24.1. The topological polar surface area (TPSA) is 85.6 Å². The number of carbonyl (C=O) groups excluding carboxylic acids is 1. The molecule has 0 saturated carbocycles. The van der Waals surface area contributed by atoms with Crippen LogP contribution in [0.15, 0.2) is 71.1 Å². The number of ether oxygens (including phenoxy) is 2. The van der Waals surface area contributed by atoms with E-state index in [1.165, 1.54) is 0 Å². The van der Waals surface area contributed by atoms with E-state index in [1.807, 2.05) is 63.2 Å². The predicted octanol–water partition coefficient (Wildman–Crippen LogP) is 5.81. The van der Waals surface area contributed by atoms with Gasteiger partial charge in [-0.25, -0.2) is 4.98 Å². The number of rotatable bonds is 7. The number of oxazole rings is 1. The molecule has 0 radical (unpaired) electrons. The van der Waals surface area contributed by atoms with Gasteiger partial charge < -0.3 is 19.2 Å². The van der Waals surface area contributed by atoms with E-state index in [1.54, 1.807) is 24.3 Å². The van der Waals surface area contributed by atoms with Crippen molar-refractivity contribution >= 4 is 40.0 Å². The lowest BCUT2D eigenvalue weighted by Crippen LogP contribution is -2.34. The van der Waals surface area contributed by atoms with E-state index in [0.29, 0.717) is 40.6 Å². The lowest BCUT2D eigenvalue weighted by molar-refractivity contribution is 0.0977. The first kappa shape index (κ1) is 23.3. The molecule has 0 unspecified atom stereocenters. The summed E-state index contributed by atoms with van der Waals surface area (Å²) in [6.07, 6.45) is 0.0162. The minimum absolute atomic E-state index is 0.0162. The first-order valence-corrected chi connectivity index (χ1v) is 11.3. The largest absolute Gasteiger partial charge is 0.494 e. The second kappa shape index (κ2) is 10.4. The number of amides is 1. The highest BCUT2D eigenvalue weighted by atomic mass is 32.1. The van der Waals surface area contributed by atoms with E-state index in [-0.39, 0.29) is 17.1 Å². The fourth-order valence-electron chi connectivity index (χ4n) is 3.31. The minimum Gasteiger partial charge on any atom is -0.494 e. The Morgan fingerprint density at radius 3 is 2.59 bits per heavy atom. The lowest BCUT2D eigenvalue weighted by Gasteiger charge is -2.12. The van der Waals surface area contributed by atoms with Gasteiger partial charge in [-0.05, 0) is 93.7 Å². The molecule has 0 fully saturated rings. The normalized spacial score (nSPS) is 10.8. The Balaban J connectivity index is 1.43. The number of anilines is 1. The summed E-state index contributed by atoms with van der Waals surface area (Å²) in [5, 5.41) is 5.89. The van der Waals surface area contributed by atoms with Crippen molar-refractivity contribution in [3.8, 4) is 23.0 Å². The Kier molecular flexibility index (Phi) is 7.08. The molecule has 0 aliphatic heterocycles. The molecule has 1 heterocycles. The first-order valence-electron chi connectivity index (χ1n) is 10.9. The van der Waals surface area contributed by atoms with E-state index < -0.39 is 0 Å². The van der Waals surface area contributed by atoms with E-state index in [0.717, 1.165) is 11.3 Å². The van der Waals surface area contributed by atoms with Gasteiger partial charge in [0.25, 0.3) is 5.91 Å². The quantitative estimate of drug-likeness (QED) is 0.326. The molecule has 0 saturated heterocycles. The van der Waals surface area contributed by atoms with Crippen LogP contribution in [0.1, 0.15) is 31.1 Å². The number of aromatic nitrogens is 1. The van der Waals surface area contributed by atoms with E-state index >= 15 is 0 Å². The highest BCUT2D eigenvalue weighted by Gasteiger charge is 2.12. The summed E-state index contributed by atoms with van der Waals surface area (Å²) in [5.74, 6) is 1.60. The van der Waals surface area contributed by atoms with Gasteiger partial charge >= 0.3 is 0 Å². The van der Waals surface area contributed by atoms with E-state index in [4.69, 9.17) is 26.1 Å². The molecule has 7 nitrogen and oxygen atoms in total. The maximum atomic E-state index is 12.6. The fraction of sp³-hybridized carbons (Fsp3) is 0.192. The van der Waals surface area contributed by atoms with Gasteiger partial charge in [0.05, 0.1) is 12.7 Å². The van der Waals surface area contributed by atoms with Crippen molar-refractivity contribution in [2.45, 2.75) is 26.9 Å². The highest BCUT2D eigenvalue weighted by molar-refractivity contribution is 7.80. The van der Waals surface area contributed by atoms with Crippen molar-refractivity contribution in [1.29, 1.82) is 0 Å². The van der Waals surface area contributed by atoms with Gasteiger partial charge in [-0.15, -0.1) is 0 Å².